The molecule has 0 spiro atoms. The first-order chi connectivity index (χ1) is 13.6. The molecule has 0 aromatic carbocycles. The lowest BCUT2D eigenvalue weighted by Gasteiger charge is -2.43. The van der Waals surface area contributed by atoms with E-state index in [-0.39, 0.29) is 5.97 Å². The predicted molar refractivity (Wildman–Crippen MR) is 112 cm³/mol. The number of unbranched alkanes of at least 4 members (excludes halogenated alkanes) is 14. The van der Waals surface area contributed by atoms with Gasteiger partial charge in [0.15, 0.2) is 0 Å². The number of hydrogen-bond acceptors (Lipinski definition) is 5. The van der Waals surface area contributed by atoms with E-state index in [1.165, 1.54) is 77.0 Å². The van der Waals surface area contributed by atoms with Crippen LogP contribution in [0.1, 0.15) is 116 Å². The summed E-state index contributed by atoms with van der Waals surface area (Å²) >= 11 is 0. The molecule has 0 aliphatic carbocycles. The van der Waals surface area contributed by atoms with Crippen molar-refractivity contribution in [3.63, 3.8) is 0 Å². The molecular weight excluding hydrogens is 356 g/mol. The van der Waals surface area contributed by atoms with Crippen LogP contribution in [-0.4, -0.2) is 41.3 Å². The summed E-state index contributed by atoms with van der Waals surface area (Å²) in [4.78, 5) is 11.9. The Morgan fingerprint density at radius 1 is 0.893 bits per heavy atom. The number of aliphatic hydroxyl groups is 2. The quantitative estimate of drug-likeness (QED) is 0.228. The van der Waals surface area contributed by atoms with Crippen LogP contribution in [-0.2, 0) is 14.3 Å². The van der Waals surface area contributed by atoms with E-state index in [0.717, 1.165) is 19.3 Å². The summed E-state index contributed by atoms with van der Waals surface area (Å²) in [5, 5.41) is 18.8. The third-order valence-corrected chi connectivity index (χ3v) is 5.75. The molecule has 0 amide bonds. The fraction of sp³-hybridized carbons (Fsp3) is 0.957. The molecule has 0 aromatic rings. The third kappa shape index (κ3) is 10.8. The van der Waals surface area contributed by atoms with Crippen LogP contribution in [0.15, 0.2) is 0 Å². The second-order valence-electron chi connectivity index (χ2n) is 8.28. The third-order valence-electron chi connectivity index (χ3n) is 5.75. The zero-order chi connectivity index (χ0) is 20.5. The van der Waals surface area contributed by atoms with Gasteiger partial charge in [-0.2, -0.15) is 0 Å². The molecule has 5 nitrogen and oxygen atoms in total. The standard InChI is InChI=1S/C23H44O5/c1-2-3-4-5-6-7-8-9-10-11-12-13-14-15-16-17-22(26)28-23(18-19-27-23)21(25)20-24/h21,24-25H,2-20H2,1H3. The zero-order valence-corrected chi connectivity index (χ0v) is 18.1. The van der Waals surface area contributed by atoms with E-state index in [0.29, 0.717) is 19.4 Å². The van der Waals surface area contributed by atoms with E-state index >= 15 is 0 Å². The second kappa shape index (κ2) is 16.2. The summed E-state index contributed by atoms with van der Waals surface area (Å²) in [6, 6.07) is 0. The highest BCUT2D eigenvalue weighted by atomic mass is 16.7. The molecule has 2 unspecified atom stereocenters. The van der Waals surface area contributed by atoms with Gasteiger partial charge in [0.05, 0.1) is 13.2 Å². The molecule has 166 valence electrons. The van der Waals surface area contributed by atoms with Gasteiger partial charge >= 0.3 is 5.97 Å². The Morgan fingerprint density at radius 3 is 1.68 bits per heavy atom. The smallest absolute Gasteiger partial charge is 0.308 e. The largest absolute Gasteiger partial charge is 0.430 e. The Balaban J connectivity index is 1.84. The van der Waals surface area contributed by atoms with E-state index in [9.17, 15) is 9.90 Å². The summed E-state index contributed by atoms with van der Waals surface area (Å²) in [5.74, 6) is -1.65. The number of carbonyl (C=O) groups is 1. The van der Waals surface area contributed by atoms with Crippen molar-refractivity contribution in [1.29, 1.82) is 0 Å². The Bertz CT molecular complexity index is 381. The van der Waals surface area contributed by atoms with Crippen LogP contribution >= 0.6 is 0 Å². The molecule has 2 N–H and O–H groups in total. The van der Waals surface area contributed by atoms with Crippen molar-refractivity contribution in [2.45, 2.75) is 128 Å². The fourth-order valence-electron chi connectivity index (χ4n) is 3.74. The van der Waals surface area contributed by atoms with Crippen molar-refractivity contribution in [2.75, 3.05) is 13.2 Å². The Hall–Kier alpha value is -0.650. The first-order valence-electron chi connectivity index (χ1n) is 11.8. The monoisotopic (exact) mass is 400 g/mol. The maximum atomic E-state index is 11.9. The van der Waals surface area contributed by atoms with E-state index in [1.807, 2.05) is 0 Å². The minimum Gasteiger partial charge on any atom is -0.430 e. The Kier molecular flexibility index (Phi) is 14.7. The molecule has 1 saturated heterocycles. The van der Waals surface area contributed by atoms with Gasteiger partial charge in [-0.25, -0.2) is 0 Å². The summed E-state index contributed by atoms with van der Waals surface area (Å²) in [5.41, 5.74) is 0. The van der Waals surface area contributed by atoms with Crippen LogP contribution in [0.25, 0.3) is 0 Å². The van der Waals surface area contributed by atoms with Gasteiger partial charge in [-0.3, -0.25) is 4.79 Å². The highest BCUT2D eigenvalue weighted by molar-refractivity contribution is 5.69. The van der Waals surface area contributed by atoms with Gasteiger partial charge in [0.25, 0.3) is 0 Å². The van der Waals surface area contributed by atoms with Crippen LogP contribution in [0.4, 0.5) is 0 Å². The first kappa shape index (κ1) is 25.4. The summed E-state index contributed by atoms with van der Waals surface area (Å²) in [6.07, 6.45) is 19.0. The first-order valence-corrected chi connectivity index (χ1v) is 11.8. The van der Waals surface area contributed by atoms with Gasteiger partial charge in [0.2, 0.25) is 5.79 Å². The number of esters is 1. The van der Waals surface area contributed by atoms with Crippen LogP contribution in [0.5, 0.6) is 0 Å². The number of hydrogen-bond donors (Lipinski definition) is 2. The van der Waals surface area contributed by atoms with Gasteiger partial charge in [0.1, 0.15) is 6.10 Å². The van der Waals surface area contributed by atoms with Crippen molar-refractivity contribution >= 4 is 5.97 Å². The SMILES string of the molecule is CCCCCCCCCCCCCCCCCC(=O)OC1(C(O)CO)CCO1. The maximum absolute atomic E-state index is 11.9. The van der Waals surface area contributed by atoms with Crippen molar-refractivity contribution in [1.82, 2.24) is 0 Å². The minimum absolute atomic E-state index is 0.345. The highest BCUT2D eigenvalue weighted by Crippen LogP contribution is 2.32. The predicted octanol–water partition coefficient (Wildman–Crippen LogP) is 5.26. The van der Waals surface area contributed by atoms with Crippen molar-refractivity contribution in [3.05, 3.63) is 0 Å². The zero-order valence-electron chi connectivity index (χ0n) is 18.1. The molecule has 0 aromatic heterocycles. The maximum Gasteiger partial charge on any atom is 0.308 e. The summed E-state index contributed by atoms with van der Waals surface area (Å²) in [6.45, 7) is 2.25. The molecule has 28 heavy (non-hydrogen) atoms. The molecule has 1 aliphatic rings. The van der Waals surface area contributed by atoms with Crippen LogP contribution < -0.4 is 0 Å². The van der Waals surface area contributed by atoms with Gasteiger partial charge in [-0.05, 0) is 6.42 Å². The average molecular weight is 401 g/mol. The number of aliphatic hydroxyl groups excluding tert-OH is 2. The molecule has 0 saturated carbocycles. The molecule has 5 heteroatoms. The average Bonchev–Trinajstić information content (AvgIpc) is 2.67. The van der Waals surface area contributed by atoms with E-state index in [4.69, 9.17) is 14.6 Å². The highest BCUT2D eigenvalue weighted by Gasteiger charge is 2.48. The van der Waals surface area contributed by atoms with Gasteiger partial charge < -0.3 is 19.7 Å². The molecule has 2 atom stereocenters. The molecule has 0 radical (unpaired) electrons. The van der Waals surface area contributed by atoms with Crippen molar-refractivity contribution in [2.24, 2.45) is 0 Å². The molecule has 0 bridgehead atoms. The Labute approximate surface area is 172 Å². The normalized spacial score (nSPS) is 20.0. The number of rotatable bonds is 19. The van der Waals surface area contributed by atoms with E-state index < -0.39 is 18.5 Å². The minimum atomic E-state index is -1.30. The van der Waals surface area contributed by atoms with Crippen LogP contribution in [0.3, 0.4) is 0 Å². The van der Waals surface area contributed by atoms with Crippen LogP contribution in [0, 0.1) is 0 Å². The fourth-order valence-corrected chi connectivity index (χ4v) is 3.74. The van der Waals surface area contributed by atoms with E-state index in [2.05, 4.69) is 6.92 Å². The second-order valence-corrected chi connectivity index (χ2v) is 8.28. The van der Waals surface area contributed by atoms with E-state index in [1.54, 1.807) is 0 Å². The molecular formula is C23H44O5. The lowest BCUT2D eigenvalue weighted by atomic mass is 10.0. The van der Waals surface area contributed by atoms with Crippen LogP contribution in [0.2, 0.25) is 0 Å². The molecule has 1 aliphatic heterocycles. The van der Waals surface area contributed by atoms with Gasteiger partial charge in [0, 0.05) is 12.8 Å². The van der Waals surface area contributed by atoms with Crippen molar-refractivity contribution < 1.29 is 24.5 Å². The summed E-state index contributed by atoms with van der Waals surface area (Å²) < 4.78 is 10.5. The Morgan fingerprint density at radius 2 is 1.32 bits per heavy atom. The molecule has 1 rings (SSSR count). The lowest BCUT2D eigenvalue weighted by Crippen LogP contribution is -2.57. The topological polar surface area (TPSA) is 76.0 Å². The van der Waals surface area contributed by atoms with Gasteiger partial charge in [-0.15, -0.1) is 0 Å². The number of carbonyl (C=O) groups excluding carboxylic acids is 1. The molecule has 1 heterocycles. The van der Waals surface area contributed by atoms with Crippen molar-refractivity contribution in [3.8, 4) is 0 Å². The lowest BCUT2D eigenvalue weighted by molar-refractivity contribution is -0.333. The molecule has 1 fully saturated rings. The summed E-state index contributed by atoms with van der Waals surface area (Å²) in [7, 11) is 0. The van der Waals surface area contributed by atoms with Gasteiger partial charge in [-0.1, -0.05) is 96.8 Å². The number of ether oxygens (including phenoxy) is 2.